The van der Waals surface area contributed by atoms with Crippen molar-refractivity contribution in [3.8, 4) is 86.6 Å². The van der Waals surface area contributed by atoms with Crippen LogP contribution in [0.4, 0.5) is 0 Å². The van der Waals surface area contributed by atoms with Crippen molar-refractivity contribution in [1.29, 1.82) is 0 Å². The summed E-state index contributed by atoms with van der Waals surface area (Å²) >= 11 is 19.8. The quantitative estimate of drug-likeness (QED) is 0.0564. The molecule has 0 amide bonds. The lowest BCUT2D eigenvalue weighted by molar-refractivity contribution is -0.122. The average molecular weight is 1370 g/mol. The van der Waals surface area contributed by atoms with E-state index in [1.807, 2.05) is 48.5 Å². The largest absolute Gasteiger partial charge is 0.508 e. The molecule has 0 bridgehead atoms. The third-order valence-electron chi connectivity index (χ3n) is 11.0. The van der Waals surface area contributed by atoms with E-state index in [9.17, 15) is 9.59 Å². The molecule has 4 heterocycles. The molecule has 0 aliphatic heterocycles. The van der Waals surface area contributed by atoms with E-state index in [2.05, 4.69) is 63.8 Å². The number of hydrogen-bond acceptors (Lipinski definition) is 21. The first kappa shape index (κ1) is 73.1. The Balaban J connectivity index is 0.000000241. The van der Waals surface area contributed by atoms with Crippen molar-refractivity contribution in [3.63, 3.8) is 0 Å². The van der Waals surface area contributed by atoms with Gasteiger partial charge in [-0.2, -0.15) is 0 Å². The summed E-state index contributed by atoms with van der Waals surface area (Å²) in [4.78, 5) is 31.2. The van der Waals surface area contributed by atoms with Crippen LogP contribution in [-0.4, -0.2) is 114 Å². The van der Waals surface area contributed by atoms with Crippen LogP contribution in [0.2, 0.25) is 15.5 Å². The number of aromatic amines is 1. The van der Waals surface area contributed by atoms with Crippen LogP contribution in [-0.2, 0) is 16.7 Å². The number of H-pyrrole nitrogens is 1. The molecule has 10 rings (SSSR count). The third-order valence-corrected chi connectivity index (χ3v) is 12.2. The number of hydrogen-bond donors (Lipinski definition) is 3. The number of nitrogens with one attached hydrogen (secondary N) is 1. The van der Waals surface area contributed by atoms with Crippen LogP contribution in [0, 0.1) is 0 Å². The fraction of sp³-hybridized carbons (Fsp3) is 0.159. The number of ether oxygens (including phenoxy) is 11. The van der Waals surface area contributed by atoms with Crippen LogP contribution in [0.1, 0.15) is 11.1 Å². The van der Waals surface area contributed by atoms with Crippen molar-refractivity contribution in [2.45, 2.75) is 11.9 Å². The van der Waals surface area contributed by atoms with Gasteiger partial charge in [0.2, 0.25) is 17.6 Å². The number of phenolic OH excluding ortho intramolecular Hbond substituents is 1. The van der Waals surface area contributed by atoms with Gasteiger partial charge in [0.05, 0.1) is 63.4 Å². The van der Waals surface area contributed by atoms with Gasteiger partial charge in [-0.25, -0.2) is 9.78 Å². The van der Waals surface area contributed by atoms with E-state index in [1.165, 1.54) is 41.6 Å². The number of nitrogens with zero attached hydrogens (tertiary/aromatic N) is 7. The molecule has 6 aromatic carbocycles. The summed E-state index contributed by atoms with van der Waals surface area (Å²) in [5, 5.41) is 42.6. The zero-order valence-corrected chi connectivity index (χ0v) is 53.9. The Kier molecular flexibility index (Phi) is 32.9. The molecule has 0 fully saturated rings. The topological polar surface area (TPSA) is 291 Å². The van der Waals surface area contributed by atoms with Crippen molar-refractivity contribution < 1.29 is 67.1 Å². The van der Waals surface area contributed by atoms with Crippen molar-refractivity contribution in [2.75, 3.05) is 56.9 Å². The summed E-state index contributed by atoms with van der Waals surface area (Å²) in [5.41, 5.74) is 1.84. The lowest BCUT2D eigenvalue weighted by atomic mass is 10.2. The number of aromatic hydroxyl groups is 1. The van der Waals surface area contributed by atoms with E-state index in [1.54, 1.807) is 147 Å². The van der Waals surface area contributed by atoms with Gasteiger partial charge in [-0.15, -0.1) is 30.6 Å². The molecule has 24 nitrogen and oxygen atoms in total. The highest BCUT2D eigenvalue weighted by molar-refractivity contribution is 9.08. The van der Waals surface area contributed by atoms with Gasteiger partial charge in [0.15, 0.2) is 61.5 Å². The normalized spacial score (nSPS) is 9.63. The Morgan fingerprint density at radius 3 is 1.21 bits per heavy atom. The maximum absolute atomic E-state index is 12.0. The highest BCUT2D eigenvalue weighted by Gasteiger charge is 2.11. The predicted octanol–water partition coefficient (Wildman–Crippen LogP) is 13.1. The van der Waals surface area contributed by atoms with E-state index in [-0.39, 0.29) is 23.3 Å². The molecule has 0 aliphatic carbocycles. The predicted molar refractivity (Wildman–Crippen MR) is 346 cm³/mol. The molecule has 4 aromatic heterocycles. The van der Waals surface area contributed by atoms with E-state index >= 15 is 0 Å². The number of carboxylic acid groups (broad SMARTS) is 1. The molecule has 478 valence electrons. The minimum absolute atomic E-state index is 0.169. The van der Waals surface area contributed by atoms with Crippen molar-refractivity contribution in [2.24, 2.45) is 0 Å². The Morgan fingerprint density at radius 1 is 0.451 bits per heavy atom. The summed E-state index contributed by atoms with van der Waals surface area (Å²) in [7, 11) is 12.4. The maximum atomic E-state index is 12.0. The molecule has 0 saturated heterocycles. The van der Waals surface area contributed by atoms with Crippen LogP contribution < -0.4 is 63.2 Å². The lowest BCUT2D eigenvalue weighted by Crippen LogP contribution is -2.22. The minimum Gasteiger partial charge on any atom is -0.508 e. The summed E-state index contributed by atoms with van der Waals surface area (Å²) < 4.78 is 59.0. The molecular weight excluding hydrogens is 1310 g/mol. The average Bonchev–Trinajstić information content (AvgIpc) is 2.83. The summed E-state index contributed by atoms with van der Waals surface area (Å²) in [6, 6.07) is 52.3. The fourth-order valence-electron chi connectivity index (χ4n) is 6.80. The smallest absolute Gasteiger partial charge is 0.290 e. The minimum atomic E-state index is -0.283. The van der Waals surface area contributed by atoms with Gasteiger partial charge in [-0.3, -0.25) is 14.4 Å². The van der Waals surface area contributed by atoms with Crippen LogP contribution in [0.3, 0.4) is 0 Å². The van der Waals surface area contributed by atoms with Crippen molar-refractivity contribution in [3.05, 3.63) is 229 Å². The number of alkyl halides is 1. The van der Waals surface area contributed by atoms with E-state index < -0.39 is 0 Å². The molecule has 0 unspecified atom stereocenters. The van der Waals surface area contributed by atoms with Gasteiger partial charge in [0, 0.05) is 59.9 Å². The number of phenols is 1. The molecule has 3 N–H and O–H groups in total. The number of carbonyl (C=O) groups is 1. The summed E-state index contributed by atoms with van der Waals surface area (Å²) in [6.45, 7) is 0.128. The lowest BCUT2D eigenvalue weighted by Gasteiger charge is -2.11. The monoisotopic (exact) mass is 1370 g/mol. The number of rotatable bonds is 17. The van der Waals surface area contributed by atoms with Gasteiger partial charge in [0.1, 0.15) is 23.0 Å². The fourth-order valence-corrected chi connectivity index (χ4v) is 7.47. The molecule has 0 radical (unpaired) electrons. The maximum Gasteiger partial charge on any atom is 0.290 e. The van der Waals surface area contributed by atoms with Crippen LogP contribution in [0.15, 0.2) is 192 Å². The van der Waals surface area contributed by atoms with Crippen LogP contribution >= 0.6 is 50.7 Å². The molecule has 91 heavy (non-hydrogen) atoms. The van der Waals surface area contributed by atoms with Gasteiger partial charge >= 0.3 is 0 Å². The molecule has 0 saturated carbocycles. The Labute approximate surface area is 546 Å². The van der Waals surface area contributed by atoms with Gasteiger partial charge in [-0.1, -0.05) is 111 Å². The van der Waals surface area contributed by atoms with Crippen LogP contribution in [0.5, 0.6) is 86.6 Å². The first-order valence-corrected chi connectivity index (χ1v) is 28.4. The second-order valence-electron chi connectivity index (χ2n) is 16.9. The van der Waals surface area contributed by atoms with Crippen LogP contribution in [0.25, 0.3) is 0 Å². The Bertz CT molecular complexity index is 3830. The highest BCUT2D eigenvalue weighted by Crippen LogP contribution is 2.35. The molecule has 0 atom stereocenters. The van der Waals surface area contributed by atoms with Gasteiger partial charge in [-0.05, 0) is 77.9 Å². The van der Waals surface area contributed by atoms with E-state index in [0.29, 0.717) is 103 Å². The molecule has 0 spiro atoms. The summed E-state index contributed by atoms with van der Waals surface area (Å²) in [6.07, 6.45) is 0. The first-order valence-electron chi connectivity index (χ1n) is 26.2. The first-order chi connectivity index (χ1) is 44.0. The zero-order valence-electron chi connectivity index (χ0n) is 50.1. The second-order valence-corrected chi connectivity index (χ2v) is 18.6. The van der Waals surface area contributed by atoms with Gasteiger partial charge in [0.25, 0.3) is 17.6 Å². The number of benzene rings is 6. The highest BCUT2D eigenvalue weighted by atomic mass is 79.9. The number of aromatic nitrogens is 8. The van der Waals surface area contributed by atoms with Crippen molar-refractivity contribution >= 4 is 57.2 Å². The van der Waals surface area contributed by atoms with E-state index in [4.69, 9.17) is 102 Å². The Hall–Kier alpha value is -10.3. The molecular formula is C63H62BrCl3N8O16. The molecule has 0 aliphatic rings. The standard InChI is InChI=1S/C19H18N2O4.C12H11ClN2O3.C12H12N2O4.C8H10O3.C7H7Br.C4H2Cl2N2.CH2O2/c1-23-16-9-8-15(12-17(16)24-2)25-18-10-11-19(22)21(20-18)13-14-6-4-3-5-7-14;1-16-9-4-3-8(7-10(9)17-2)18-12-6-5-11(13)14-15-12;1-16-9-4-3-8(7-10(9)17-2)18-12-6-5-11(15)13-14-12;1-10-7-4-3-6(9)5-8(7)11-2;8-6-7-4-2-1-3-5-7;5-3-1-2-4(6)8-7-3;2-1-3/h3-12H,13H2,1-2H3;3-7H,1-2H3;3-7H,1-2H3,(H,13,15);3-5,9H,1-2H3;1-5H,6H2;1-2H;1H,(H,2,3). The molecule has 28 heteroatoms. The zero-order chi connectivity index (χ0) is 66.3. The van der Waals surface area contributed by atoms with Crippen molar-refractivity contribution in [1.82, 2.24) is 40.4 Å². The SMILES string of the molecule is BrCc1ccccc1.COc1ccc(O)cc1OC.COc1ccc(Oc2ccc(=O)[nH]n2)cc1OC.COc1ccc(Oc2ccc(=O)n(Cc3ccccc3)n2)cc1OC.COc1ccc(Oc2ccc(Cl)nn2)cc1OC.Clc1ccc(Cl)nn1.O=CO. The third kappa shape index (κ3) is 26.5. The van der Waals surface area contributed by atoms with E-state index in [0.717, 1.165) is 10.9 Å². The Morgan fingerprint density at radius 2 is 0.824 bits per heavy atom. The summed E-state index contributed by atoms with van der Waals surface area (Å²) in [5.74, 6) is 7.47. The number of halogens is 4. The van der Waals surface area contributed by atoms with Gasteiger partial charge < -0.3 is 62.3 Å². The number of methoxy groups -OCH3 is 8. The molecule has 10 aromatic rings. The second kappa shape index (κ2) is 41.0.